The van der Waals surface area contributed by atoms with E-state index in [-0.39, 0.29) is 16.8 Å². The van der Waals surface area contributed by atoms with Gasteiger partial charge in [-0.25, -0.2) is 8.42 Å². The third-order valence-electron chi connectivity index (χ3n) is 1.50. The zero-order valence-corrected chi connectivity index (χ0v) is 10.5. The summed E-state index contributed by atoms with van der Waals surface area (Å²) in [5, 5.41) is 4.00. The van der Waals surface area contributed by atoms with E-state index in [0.29, 0.717) is 4.88 Å². The molecule has 84 valence electrons. The van der Waals surface area contributed by atoms with Gasteiger partial charge >= 0.3 is 0 Å². The highest BCUT2D eigenvalue weighted by Crippen LogP contribution is 2.22. The van der Waals surface area contributed by atoms with Crippen molar-refractivity contribution in [1.29, 1.82) is 0 Å². The molecule has 1 aromatic rings. The Hall–Kier alpha value is -0.590. The Bertz CT molecular complexity index is 464. The summed E-state index contributed by atoms with van der Waals surface area (Å²) < 4.78 is 21.9. The molecule has 0 radical (unpaired) electrons. The van der Waals surface area contributed by atoms with E-state index in [1.807, 2.05) is 13.8 Å². The van der Waals surface area contributed by atoms with Crippen molar-refractivity contribution >= 4 is 37.0 Å². The summed E-state index contributed by atoms with van der Waals surface area (Å²) >= 11 is 1.05. The largest absolute Gasteiger partial charge is 0.349 e. The highest BCUT2D eigenvalue weighted by atomic mass is 35.7. The third kappa shape index (κ3) is 3.48. The number of carbonyl (C=O) groups is 1. The van der Waals surface area contributed by atoms with E-state index in [1.165, 1.54) is 11.4 Å². The molecule has 0 aromatic carbocycles. The summed E-state index contributed by atoms with van der Waals surface area (Å²) in [5.41, 5.74) is 0. The summed E-state index contributed by atoms with van der Waals surface area (Å²) in [5.74, 6) is -0.290. The summed E-state index contributed by atoms with van der Waals surface area (Å²) in [4.78, 5) is 11.8. The Morgan fingerprint density at radius 2 is 2.13 bits per heavy atom. The Balaban J connectivity index is 2.90. The molecule has 1 N–H and O–H groups in total. The van der Waals surface area contributed by atoms with Crippen molar-refractivity contribution in [3.8, 4) is 0 Å². The second-order valence-corrected chi connectivity index (χ2v) is 6.69. The van der Waals surface area contributed by atoms with Gasteiger partial charge in [0, 0.05) is 22.1 Å². The highest BCUT2D eigenvalue weighted by molar-refractivity contribution is 8.13. The molecule has 7 heteroatoms. The molecule has 0 saturated heterocycles. The lowest BCUT2D eigenvalue weighted by Crippen LogP contribution is -2.29. The van der Waals surface area contributed by atoms with Crippen LogP contribution < -0.4 is 5.32 Å². The zero-order valence-electron chi connectivity index (χ0n) is 8.15. The number of thiophene rings is 1. The van der Waals surface area contributed by atoms with Crippen LogP contribution in [0.3, 0.4) is 0 Å². The minimum Gasteiger partial charge on any atom is -0.349 e. The van der Waals surface area contributed by atoms with Crippen LogP contribution in [-0.2, 0) is 9.05 Å². The second-order valence-electron chi connectivity index (χ2n) is 3.21. The minimum atomic E-state index is -3.74. The van der Waals surface area contributed by atoms with Gasteiger partial charge in [0.25, 0.3) is 15.0 Å². The maximum Gasteiger partial charge on any atom is 0.262 e. The molecule has 0 spiro atoms. The Morgan fingerprint density at radius 3 is 2.53 bits per heavy atom. The molecule has 0 saturated carbocycles. The van der Waals surface area contributed by atoms with Gasteiger partial charge in [-0.15, -0.1) is 11.3 Å². The minimum absolute atomic E-state index is 0.00987. The van der Waals surface area contributed by atoms with Crippen molar-refractivity contribution in [2.45, 2.75) is 24.8 Å². The van der Waals surface area contributed by atoms with Crippen LogP contribution in [0.25, 0.3) is 0 Å². The maximum absolute atomic E-state index is 11.5. The van der Waals surface area contributed by atoms with Gasteiger partial charge in [-0.1, -0.05) is 0 Å². The van der Waals surface area contributed by atoms with Crippen LogP contribution in [0.4, 0.5) is 0 Å². The van der Waals surface area contributed by atoms with Crippen molar-refractivity contribution in [2.24, 2.45) is 0 Å². The molecule has 0 aliphatic carbocycles. The van der Waals surface area contributed by atoms with E-state index in [0.717, 1.165) is 11.3 Å². The van der Waals surface area contributed by atoms with Gasteiger partial charge in [0.15, 0.2) is 0 Å². The first-order valence-corrected chi connectivity index (χ1v) is 7.33. The van der Waals surface area contributed by atoms with Crippen molar-refractivity contribution < 1.29 is 13.2 Å². The van der Waals surface area contributed by atoms with E-state index < -0.39 is 9.05 Å². The maximum atomic E-state index is 11.5. The number of carbonyl (C=O) groups excluding carboxylic acids is 1. The molecule has 1 heterocycles. The van der Waals surface area contributed by atoms with E-state index in [1.54, 1.807) is 0 Å². The summed E-state index contributed by atoms with van der Waals surface area (Å²) in [7, 11) is 1.39. The first-order valence-electron chi connectivity index (χ1n) is 4.15. The van der Waals surface area contributed by atoms with E-state index in [9.17, 15) is 13.2 Å². The number of nitrogens with one attached hydrogen (secondary N) is 1. The van der Waals surface area contributed by atoms with Crippen molar-refractivity contribution in [3.05, 3.63) is 16.3 Å². The Kier molecular flexibility index (Phi) is 3.75. The number of hydrogen-bond acceptors (Lipinski definition) is 4. The van der Waals surface area contributed by atoms with Gasteiger partial charge in [0.2, 0.25) is 0 Å². The van der Waals surface area contributed by atoms with Crippen LogP contribution in [-0.4, -0.2) is 20.4 Å². The van der Waals surface area contributed by atoms with Crippen LogP contribution >= 0.6 is 22.0 Å². The van der Waals surface area contributed by atoms with Crippen LogP contribution in [0.15, 0.2) is 16.3 Å². The fraction of sp³-hybridized carbons (Fsp3) is 0.375. The van der Waals surface area contributed by atoms with E-state index in [4.69, 9.17) is 10.7 Å². The monoisotopic (exact) mass is 267 g/mol. The van der Waals surface area contributed by atoms with Gasteiger partial charge in [0.1, 0.15) is 0 Å². The van der Waals surface area contributed by atoms with Crippen molar-refractivity contribution in [2.75, 3.05) is 0 Å². The molecule has 1 amide bonds. The topological polar surface area (TPSA) is 63.2 Å². The summed E-state index contributed by atoms with van der Waals surface area (Å²) in [6.07, 6.45) is 0. The molecule has 0 unspecified atom stereocenters. The van der Waals surface area contributed by atoms with Crippen LogP contribution in [0.5, 0.6) is 0 Å². The number of hydrogen-bond donors (Lipinski definition) is 1. The molecule has 0 aliphatic heterocycles. The Labute approximate surface area is 96.7 Å². The number of amides is 1. The van der Waals surface area contributed by atoms with Gasteiger partial charge in [-0.3, -0.25) is 4.79 Å². The number of rotatable bonds is 3. The molecule has 0 atom stereocenters. The van der Waals surface area contributed by atoms with Crippen molar-refractivity contribution in [1.82, 2.24) is 5.32 Å². The normalized spacial score (nSPS) is 11.7. The van der Waals surface area contributed by atoms with Gasteiger partial charge in [0.05, 0.1) is 9.77 Å². The number of halogens is 1. The smallest absolute Gasteiger partial charge is 0.262 e. The predicted molar refractivity (Wildman–Crippen MR) is 60.0 cm³/mol. The quantitative estimate of drug-likeness (QED) is 0.850. The average molecular weight is 268 g/mol. The van der Waals surface area contributed by atoms with Gasteiger partial charge in [-0.05, 0) is 19.9 Å². The van der Waals surface area contributed by atoms with Crippen LogP contribution in [0.1, 0.15) is 23.5 Å². The molecule has 0 aliphatic rings. The predicted octanol–water partition coefficient (Wildman–Crippen LogP) is 1.81. The highest BCUT2D eigenvalue weighted by Gasteiger charge is 2.16. The molecule has 0 fully saturated rings. The molecular weight excluding hydrogens is 258 g/mol. The lowest BCUT2D eigenvalue weighted by Gasteiger charge is -2.05. The second kappa shape index (κ2) is 4.51. The third-order valence-corrected chi connectivity index (χ3v) is 3.91. The Morgan fingerprint density at radius 1 is 1.53 bits per heavy atom. The van der Waals surface area contributed by atoms with E-state index >= 15 is 0 Å². The lowest BCUT2D eigenvalue weighted by molar-refractivity contribution is 0.0947. The lowest BCUT2D eigenvalue weighted by atomic mass is 10.3. The molecule has 0 bridgehead atoms. The first kappa shape index (κ1) is 12.5. The summed E-state index contributed by atoms with van der Waals surface area (Å²) in [6, 6.07) is 1.28. The van der Waals surface area contributed by atoms with Gasteiger partial charge < -0.3 is 5.32 Å². The molecule has 15 heavy (non-hydrogen) atoms. The molecule has 1 aromatic heterocycles. The fourth-order valence-electron chi connectivity index (χ4n) is 0.899. The molecular formula is C8H10ClNO3S2. The first-order chi connectivity index (χ1) is 6.80. The standard InChI is InChI=1S/C8H10ClNO3S2/c1-5(2)10-8(11)7-3-6(4-14-7)15(9,12)13/h3-5H,1-2H3,(H,10,11). The van der Waals surface area contributed by atoms with Crippen LogP contribution in [0.2, 0.25) is 0 Å². The van der Waals surface area contributed by atoms with Crippen molar-refractivity contribution in [3.63, 3.8) is 0 Å². The molecule has 1 rings (SSSR count). The zero-order chi connectivity index (χ0) is 11.6. The van der Waals surface area contributed by atoms with Crippen LogP contribution in [0, 0.1) is 0 Å². The average Bonchev–Trinajstić information content (AvgIpc) is 2.48. The summed E-state index contributed by atoms with van der Waals surface area (Å²) in [6.45, 7) is 3.65. The van der Waals surface area contributed by atoms with Gasteiger partial charge in [-0.2, -0.15) is 0 Å². The fourth-order valence-corrected chi connectivity index (χ4v) is 2.97. The molecule has 4 nitrogen and oxygen atoms in total. The van der Waals surface area contributed by atoms with E-state index in [2.05, 4.69) is 5.32 Å². The SMILES string of the molecule is CC(C)NC(=O)c1cc(S(=O)(=O)Cl)cs1.